The van der Waals surface area contributed by atoms with Crippen molar-refractivity contribution in [3.63, 3.8) is 0 Å². The highest BCUT2D eigenvalue weighted by Crippen LogP contribution is 2.46. The lowest BCUT2D eigenvalue weighted by Gasteiger charge is -2.37. The smallest absolute Gasteiger partial charge is 0.243 e. The first-order chi connectivity index (χ1) is 13.9. The summed E-state index contributed by atoms with van der Waals surface area (Å²) in [6.07, 6.45) is 1.47. The van der Waals surface area contributed by atoms with E-state index in [1.165, 1.54) is 4.31 Å². The van der Waals surface area contributed by atoms with Crippen LogP contribution in [0.3, 0.4) is 0 Å². The summed E-state index contributed by atoms with van der Waals surface area (Å²) in [6, 6.07) is 12.1. The number of nitrogens with zero attached hydrogens (tertiary/aromatic N) is 1. The van der Waals surface area contributed by atoms with Crippen LogP contribution < -0.4 is 4.74 Å². The summed E-state index contributed by atoms with van der Waals surface area (Å²) < 4.78 is 65.9. The number of hydrogen-bond donors (Lipinski definition) is 0. The van der Waals surface area contributed by atoms with Gasteiger partial charge in [-0.05, 0) is 48.6 Å². The summed E-state index contributed by atoms with van der Waals surface area (Å²) in [5, 5.41) is 0. The maximum Gasteiger partial charge on any atom is 0.243 e. The first kappa shape index (κ1) is 20.3. The lowest BCUT2D eigenvalue weighted by Crippen LogP contribution is -2.39. The number of para-hydroxylation sites is 1. The zero-order chi connectivity index (χ0) is 20.5. The van der Waals surface area contributed by atoms with E-state index in [1.807, 2.05) is 30.3 Å². The Kier molecular flexibility index (Phi) is 5.59. The van der Waals surface area contributed by atoms with E-state index in [1.54, 1.807) is 0 Å². The van der Waals surface area contributed by atoms with Gasteiger partial charge in [0.15, 0.2) is 11.6 Å². The van der Waals surface area contributed by atoms with E-state index in [0.717, 1.165) is 36.8 Å². The highest BCUT2D eigenvalue weighted by Gasteiger charge is 2.51. The van der Waals surface area contributed by atoms with Crippen molar-refractivity contribution in [3.8, 4) is 5.75 Å². The van der Waals surface area contributed by atoms with Gasteiger partial charge in [-0.2, -0.15) is 4.31 Å². The molecule has 0 amide bonds. The molecule has 0 bridgehead atoms. The molecule has 2 aliphatic heterocycles. The molecular formula is C21H23F2NO4S. The summed E-state index contributed by atoms with van der Waals surface area (Å²) in [5.41, 5.74) is -0.251. The molecule has 1 atom stereocenters. The van der Waals surface area contributed by atoms with Crippen LogP contribution in [0.1, 0.15) is 12.8 Å². The molecule has 2 aromatic rings. The van der Waals surface area contributed by atoms with Gasteiger partial charge in [-0.25, -0.2) is 17.2 Å². The van der Waals surface area contributed by atoms with E-state index < -0.39 is 21.7 Å². The predicted octanol–water partition coefficient (Wildman–Crippen LogP) is 3.46. The van der Waals surface area contributed by atoms with E-state index in [0.29, 0.717) is 26.4 Å². The average molecular weight is 423 g/mol. The van der Waals surface area contributed by atoms with Crippen LogP contribution in [0, 0.1) is 23.0 Å². The van der Waals surface area contributed by atoms with Crippen molar-refractivity contribution in [2.24, 2.45) is 11.3 Å². The number of ether oxygens (including phenoxy) is 2. The van der Waals surface area contributed by atoms with Gasteiger partial charge in [0.25, 0.3) is 0 Å². The van der Waals surface area contributed by atoms with Crippen molar-refractivity contribution in [3.05, 3.63) is 60.2 Å². The molecule has 2 fully saturated rings. The molecule has 2 aromatic carbocycles. The van der Waals surface area contributed by atoms with Crippen molar-refractivity contribution < 1.29 is 26.7 Å². The van der Waals surface area contributed by atoms with Crippen molar-refractivity contribution in [1.29, 1.82) is 0 Å². The van der Waals surface area contributed by atoms with Crippen LogP contribution in [0.25, 0.3) is 0 Å². The summed E-state index contributed by atoms with van der Waals surface area (Å²) in [5.74, 6) is -1.53. The third-order valence-corrected chi connectivity index (χ3v) is 7.80. The Morgan fingerprint density at radius 2 is 1.79 bits per heavy atom. The minimum Gasteiger partial charge on any atom is -0.493 e. The molecule has 2 aliphatic rings. The molecule has 0 radical (unpaired) electrons. The third-order valence-electron chi connectivity index (χ3n) is 5.99. The number of halogens is 2. The van der Waals surface area contributed by atoms with Gasteiger partial charge >= 0.3 is 0 Å². The van der Waals surface area contributed by atoms with E-state index in [-0.39, 0.29) is 22.8 Å². The van der Waals surface area contributed by atoms with Gasteiger partial charge in [0.2, 0.25) is 10.0 Å². The third kappa shape index (κ3) is 4.01. The fourth-order valence-corrected chi connectivity index (χ4v) is 5.83. The molecule has 4 rings (SSSR count). The minimum atomic E-state index is -3.94. The first-order valence-corrected chi connectivity index (χ1v) is 11.1. The van der Waals surface area contributed by atoms with Gasteiger partial charge in [0.05, 0.1) is 11.5 Å². The van der Waals surface area contributed by atoms with Crippen LogP contribution in [-0.2, 0) is 14.8 Å². The highest BCUT2D eigenvalue weighted by molar-refractivity contribution is 7.89. The normalized spacial score (nSPS) is 22.1. The van der Waals surface area contributed by atoms with Gasteiger partial charge in [-0.1, -0.05) is 18.2 Å². The Bertz CT molecular complexity index is 962. The van der Waals surface area contributed by atoms with Gasteiger partial charge < -0.3 is 9.47 Å². The van der Waals surface area contributed by atoms with Crippen LogP contribution in [0.15, 0.2) is 53.4 Å². The molecule has 1 spiro atoms. The number of benzene rings is 2. The first-order valence-electron chi connectivity index (χ1n) is 9.62. The van der Waals surface area contributed by atoms with E-state index >= 15 is 0 Å². The SMILES string of the molecule is O=S(=O)(c1ccc(F)c(F)c1)N1CC(COc2ccccc2)C2(CCOCC2)C1. The summed E-state index contributed by atoms with van der Waals surface area (Å²) >= 11 is 0. The van der Waals surface area contributed by atoms with Crippen molar-refractivity contribution in [2.75, 3.05) is 32.9 Å². The fourth-order valence-electron chi connectivity index (χ4n) is 4.24. The van der Waals surface area contributed by atoms with E-state index in [4.69, 9.17) is 9.47 Å². The quantitative estimate of drug-likeness (QED) is 0.739. The molecule has 156 valence electrons. The largest absolute Gasteiger partial charge is 0.493 e. The molecule has 8 heteroatoms. The Labute approximate surface area is 169 Å². The van der Waals surface area contributed by atoms with Crippen LogP contribution in [0.4, 0.5) is 8.78 Å². The molecule has 0 aliphatic carbocycles. The van der Waals surface area contributed by atoms with Gasteiger partial charge in [0, 0.05) is 32.2 Å². The molecule has 2 heterocycles. The summed E-state index contributed by atoms with van der Waals surface area (Å²) in [4.78, 5) is -0.233. The van der Waals surface area contributed by atoms with Crippen LogP contribution >= 0.6 is 0 Å². The molecule has 0 saturated carbocycles. The van der Waals surface area contributed by atoms with Crippen LogP contribution in [0.5, 0.6) is 5.75 Å². The topological polar surface area (TPSA) is 55.8 Å². The zero-order valence-corrected chi connectivity index (χ0v) is 16.7. The van der Waals surface area contributed by atoms with E-state index in [2.05, 4.69) is 0 Å². The summed E-state index contributed by atoms with van der Waals surface area (Å²) in [7, 11) is -3.94. The van der Waals surface area contributed by atoms with Crippen LogP contribution in [0.2, 0.25) is 0 Å². The Morgan fingerprint density at radius 3 is 2.48 bits per heavy atom. The van der Waals surface area contributed by atoms with E-state index in [9.17, 15) is 17.2 Å². The maximum atomic E-state index is 13.6. The van der Waals surface area contributed by atoms with Crippen LogP contribution in [-0.4, -0.2) is 45.6 Å². The molecular weight excluding hydrogens is 400 g/mol. The van der Waals surface area contributed by atoms with Gasteiger partial charge in [0.1, 0.15) is 5.75 Å². The lowest BCUT2D eigenvalue weighted by atomic mass is 9.72. The molecule has 5 nitrogen and oxygen atoms in total. The second-order valence-corrected chi connectivity index (χ2v) is 9.61. The Balaban J connectivity index is 1.58. The van der Waals surface area contributed by atoms with Crippen molar-refractivity contribution in [2.45, 2.75) is 17.7 Å². The zero-order valence-electron chi connectivity index (χ0n) is 15.9. The Morgan fingerprint density at radius 1 is 1.07 bits per heavy atom. The second-order valence-electron chi connectivity index (χ2n) is 7.67. The van der Waals surface area contributed by atoms with Gasteiger partial charge in [-0.15, -0.1) is 0 Å². The monoisotopic (exact) mass is 423 g/mol. The molecule has 1 unspecified atom stereocenters. The fraction of sp³-hybridized carbons (Fsp3) is 0.429. The standard InChI is InChI=1S/C21H23F2NO4S/c22-19-7-6-18(12-20(19)23)29(25,26)24-13-16(14-28-17-4-2-1-3-5-17)21(15-24)8-10-27-11-9-21/h1-7,12,16H,8-11,13-15H2. The molecule has 0 aromatic heterocycles. The second kappa shape index (κ2) is 8.01. The lowest BCUT2D eigenvalue weighted by molar-refractivity contribution is -0.00811. The van der Waals surface area contributed by atoms with Crippen molar-refractivity contribution >= 4 is 10.0 Å². The average Bonchev–Trinajstić information content (AvgIpc) is 3.08. The number of rotatable bonds is 5. The summed E-state index contributed by atoms with van der Waals surface area (Å²) in [6.45, 7) is 2.12. The molecule has 0 N–H and O–H groups in total. The maximum absolute atomic E-state index is 13.6. The highest BCUT2D eigenvalue weighted by atomic mass is 32.2. The predicted molar refractivity (Wildman–Crippen MR) is 103 cm³/mol. The van der Waals surface area contributed by atoms with Crippen molar-refractivity contribution in [1.82, 2.24) is 4.31 Å². The minimum absolute atomic E-state index is 0.0216. The number of sulfonamides is 1. The van der Waals surface area contributed by atoms with Gasteiger partial charge in [-0.3, -0.25) is 0 Å². The molecule has 2 saturated heterocycles. The Hall–Kier alpha value is -2.03. The molecule has 29 heavy (non-hydrogen) atoms. The number of hydrogen-bond acceptors (Lipinski definition) is 4.